The standard InChI is InChI=1S/C23H30N4O/c1-19(2)17-25-23(28)21-10-11-22(24-18-21)27-15-13-26(14-16-27)12-6-9-20-7-4-3-5-8-20/h3-11,18-19H,12-17H2,1-2H3,(H,25,28)/b9-6+. The third-order valence-electron chi connectivity index (χ3n) is 4.85. The van der Waals surface area contributed by atoms with Gasteiger partial charge in [0, 0.05) is 45.5 Å². The predicted molar refractivity (Wildman–Crippen MR) is 116 cm³/mol. The molecule has 5 nitrogen and oxygen atoms in total. The van der Waals surface area contributed by atoms with E-state index >= 15 is 0 Å². The molecular weight excluding hydrogens is 348 g/mol. The van der Waals surface area contributed by atoms with Crippen molar-refractivity contribution >= 4 is 17.8 Å². The highest BCUT2D eigenvalue weighted by atomic mass is 16.1. The molecule has 1 aromatic carbocycles. The summed E-state index contributed by atoms with van der Waals surface area (Å²) in [5, 5.41) is 2.93. The SMILES string of the molecule is CC(C)CNC(=O)c1ccc(N2CCN(C/C=C/c3ccccc3)CC2)nc1. The lowest BCUT2D eigenvalue weighted by molar-refractivity contribution is 0.0948. The van der Waals surface area contributed by atoms with E-state index in [1.807, 2.05) is 18.2 Å². The minimum absolute atomic E-state index is 0.0530. The summed E-state index contributed by atoms with van der Waals surface area (Å²) in [6.07, 6.45) is 6.09. The lowest BCUT2D eigenvalue weighted by Gasteiger charge is -2.34. The van der Waals surface area contributed by atoms with E-state index in [0.717, 1.165) is 38.5 Å². The molecule has 1 saturated heterocycles. The summed E-state index contributed by atoms with van der Waals surface area (Å²) in [5.74, 6) is 1.33. The van der Waals surface area contributed by atoms with Crippen molar-refractivity contribution in [1.29, 1.82) is 0 Å². The molecule has 0 aliphatic carbocycles. The summed E-state index contributed by atoms with van der Waals surface area (Å²) in [4.78, 5) is 21.3. The Bertz CT molecular complexity index is 763. The molecule has 1 N–H and O–H groups in total. The number of hydrogen-bond acceptors (Lipinski definition) is 4. The first kappa shape index (κ1) is 20.1. The summed E-state index contributed by atoms with van der Waals surface area (Å²) in [5.41, 5.74) is 1.86. The number of amides is 1. The molecule has 2 heterocycles. The van der Waals surface area contributed by atoms with Crippen molar-refractivity contribution in [2.45, 2.75) is 13.8 Å². The summed E-state index contributed by atoms with van der Waals surface area (Å²) < 4.78 is 0. The number of carbonyl (C=O) groups is 1. The van der Waals surface area contributed by atoms with Gasteiger partial charge in [-0.3, -0.25) is 9.69 Å². The van der Waals surface area contributed by atoms with Gasteiger partial charge in [-0.1, -0.05) is 56.3 Å². The second-order valence-electron chi connectivity index (χ2n) is 7.61. The number of nitrogens with one attached hydrogen (secondary N) is 1. The first-order chi connectivity index (χ1) is 13.6. The zero-order chi connectivity index (χ0) is 19.8. The van der Waals surface area contributed by atoms with Crippen LogP contribution < -0.4 is 10.2 Å². The van der Waals surface area contributed by atoms with Crippen LogP contribution in [-0.2, 0) is 0 Å². The van der Waals surface area contributed by atoms with Gasteiger partial charge in [0.15, 0.2) is 0 Å². The topological polar surface area (TPSA) is 48.5 Å². The molecule has 5 heteroatoms. The van der Waals surface area contributed by atoms with E-state index in [2.05, 4.69) is 70.4 Å². The molecule has 1 amide bonds. The molecule has 3 rings (SSSR count). The molecule has 1 aliphatic heterocycles. The van der Waals surface area contributed by atoms with Crippen molar-refractivity contribution in [2.75, 3.05) is 44.2 Å². The van der Waals surface area contributed by atoms with Gasteiger partial charge < -0.3 is 10.2 Å². The van der Waals surface area contributed by atoms with Crippen LogP contribution in [0.15, 0.2) is 54.7 Å². The second kappa shape index (κ2) is 10.0. The number of nitrogens with zero attached hydrogens (tertiary/aromatic N) is 3. The molecular formula is C23H30N4O. The van der Waals surface area contributed by atoms with Crippen molar-refractivity contribution in [1.82, 2.24) is 15.2 Å². The number of aromatic nitrogens is 1. The van der Waals surface area contributed by atoms with Crippen LogP contribution in [0.25, 0.3) is 6.08 Å². The van der Waals surface area contributed by atoms with E-state index in [1.54, 1.807) is 6.20 Å². The van der Waals surface area contributed by atoms with Gasteiger partial charge >= 0.3 is 0 Å². The van der Waals surface area contributed by atoms with Crippen LogP contribution in [0.1, 0.15) is 29.8 Å². The second-order valence-corrected chi connectivity index (χ2v) is 7.61. The Kier molecular flexibility index (Phi) is 7.20. The van der Waals surface area contributed by atoms with Crippen molar-refractivity contribution < 1.29 is 4.79 Å². The summed E-state index contributed by atoms with van der Waals surface area (Å²) in [6.45, 7) is 9.73. The van der Waals surface area contributed by atoms with E-state index in [0.29, 0.717) is 18.0 Å². The first-order valence-corrected chi connectivity index (χ1v) is 10.0. The Labute approximate surface area is 168 Å². The van der Waals surface area contributed by atoms with E-state index in [4.69, 9.17) is 0 Å². The number of rotatable bonds is 7. The minimum Gasteiger partial charge on any atom is -0.354 e. The fraction of sp³-hybridized carbons (Fsp3) is 0.391. The van der Waals surface area contributed by atoms with Gasteiger partial charge in [-0.05, 0) is 23.6 Å². The molecule has 1 fully saturated rings. The monoisotopic (exact) mass is 378 g/mol. The van der Waals surface area contributed by atoms with Crippen LogP contribution in [0.4, 0.5) is 5.82 Å². The molecule has 2 aromatic rings. The van der Waals surface area contributed by atoms with E-state index in [-0.39, 0.29) is 5.91 Å². The predicted octanol–water partition coefficient (Wildman–Crippen LogP) is 3.30. The molecule has 148 valence electrons. The van der Waals surface area contributed by atoms with Crippen molar-refractivity contribution in [3.05, 3.63) is 65.9 Å². The number of carbonyl (C=O) groups excluding carboxylic acids is 1. The van der Waals surface area contributed by atoms with Crippen LogP contribution in [0.2, 0.25) is 0 Å². The van der Waals surface area contributed by atoms with Gasteiger partial charge in [0.1, 0.15) is 5.82 Å². The smallest absolute Gasteiger partial charge is 0.252 e. The number of pyridine rings is 1. The Morgan fingerprint density at radius 1 is 1.11 bits per heavy atom. The quantitative estimate of drug-likeness (QED) is 0.803. The molecule has 0 spiro atoms. The van der Waals surface area contributed by atoms with Gasteiger partial charge in [0.25, 0.3) is 5.91 Å². The van der Waals surface area contributed by atoms with Gasteiger partial charge in [0.05, 0.1) is 5.56 Å². The highest BCUT2D eigenvalue weighted by Crippen LogP contribution is 2.14. The molecule has 0 saturated carbocycles. The normalized spacial score (nSPS) is 15.3. The van der Waals surface area contributed by atoms with E-state index in [1.165, 1.54) is 5.56 Å². The number of piperazine rings is 1. The van der Waals surface area contributed by atoms with Gasteiger partial charge in [-0.2, -0.15) is 0 Å². The zero-order valence-corrected chi connectivity index (χ0v) is 16.8. The zero-order valence-electron chi connectivity index (χ0n) is 16.8. The molecule has 0 atom stereocenters. The molecule has 1 aliphatic rings. The molecule has 0 bridgehead atoms. The molecule has 0 unspecified atom stereocenters. The van der Waals surface area contributed by atoms with Crippen LogP contribution in [-0.4, -0.2) is 55.1 Å². The number of anilines is 1. The Morgan fingerprint density at radius 2 is 1.86 bits per heavy atom. The summed E-state index contributed by atoms with van der Waals surface area (Å²) >= 11 is 0. The average molecular weight is 379 g/mol. The van der Waals surface area contributed by atoms with Crippen LogP contribution in [0.3, 0.4) is 0 Å². The third kappa shape index (κ3) is 5.92. The lowest BCUT2D eigenvalue weighted by atomic mass is 10.2. The van der Waals surface area contributed by atoms with Crippen LogP contribution in [0.5, 0.6) is 0 Å². The fourth-order valence-corrected chi connectivity index (χ4v) is 3.17. The molecule has 0 radical (unpaired) electrons. The maximum atomic E-state index is 12.1. The first-order valence-electron chi connectivity index (χ1n) is 10.0. The maximum Gasteiger partial charge on any atom is 0.252 e. The Morgan fingerprint density at radius 3 is 2.50 bits per heavy atom. The largest absolute Gasteiger partial charge is 0.354 e. The van der Waals surface area contributed by atoms with Crippen molar-refractivity contribution in [3.8, 4) is 0 Å². The lowest BCUT2D eigenvalue weighted by Crippen LogP contribution is -2.46. The summed E-state index contributed by atoms with van der Waals surface area (Å²) in [7, 11) is 0. The fourth-order valence-electron chi connectivity index (χ4n) is 3.17. The molecule has 1 aromatic heterocycles. The third-order valence-corrected chi connectivity index (χ3v) is 4.85. The highest BCUT2D eigenvalue weighted by molar-refractivity contribution is 5.94. The highest BCUT2D eigenvalue weighted by Gasteiger charge is 2.17. The van der Waals surface area contributed by atoms with Crippen LogP contribution in [0, 0.1) is 5.92 Å². The Balaban J connectivity index is 1.45. The van der Waals surface area contributed by atoms with Gasteiger partial charge in [-0.15, -0.1) is 0 Å². The number of benzene rings is 1. The van der Waals surface area contributed by atoms with E-state index < -0.39 is 0 Å². The molecule has 28 heavy (non-hydrogen) atoms. The maximum absolute atomic E-state index is 12.1. The van der Waals surface area contributed by atoms with Gasteiger partial charge in [0.2, 0.25) is 0 Å². The van der Waals surface area contributed by atoms with Crippen molar-refractivity contribution in [2.24, 2.45) is 5.92 Å². The average Bonchev–Trinajstić information content (AvgIpc) is 2.73. The van der Waals surface area contributed by atoms with Crippen molar-refractivity contribution in [3.63, 3.8) is 0 Å². The number of hydrogen-bond donors (Lipinski definition) is 1. The minimum atomic E-state index is -0.0530. The van der Waals surface area contributed by atoms with Gasteiger partial charge in [-0.25, -0.2) is 4.98 Å². The summed E-state index contributed by atoms with van der Waals surface area (Å²) in [6, 6.07) is 14.2. The van der Waals surface area contributed by atoms with E-state index in [9.17, 15) is 4.79 Å². The Hall–Kier alpha value is -2.66. The van der Waals surface area contributed by atoms with Crippen LogP contribution >= 0.6 is 0 Å².